The first-order valence-electron chi connectivity index (χ1n) is 6.64. The van der Waals surface area contributed by atoms with Gasteiger partial charge in [0.15, 0.2) is 11.5 Å². The Bertz CT molecular complexity index is 773. The molecule has 1 heterocycles. The molecule has 2 aromatic rings. The van der Waals surface area contributed by atoms with Crippen LogP contribution in [0.4, 0.5) is 20.2 Å². The zero-order valence-electron chi connectivity index (χ0n) is 12.5. The van der Waals surface area contributed by atoms with Gasteiger partial charge >= 0.3 is 6.29 Å². The number of rotatable bonds is 3. The van der Waals surface area contributed by atoms with E-state index in [1.54, 1.807) is 24.3 Å². The number of fused-ring (bicyclic) bond motifs is 1. The zero-order valence-corrected chi connectivity index (χ0v) is 13.3. The first-order valence-corrected chi connectivity index (χ1v) is 6.64. The van der Waals surface area contributed by atoms with Crippen molar-refractivity contribution in [1.29, 1.82) is 0 Å². The highest BCUT2D eigenvalue weighted by Gasteiger charge is 2.43. The van der Waals surface area contributed by atoms with Crippen molar-refractivity contribution in [3.05, 3.63) is 48.0 Å². The fraction of sp³-hybridized carbons (Fsp3) is 0.133. The van der Waals surface area contributed by atoms with Crippen LogP contribution in [0.3, 0.4) is 0 Å². The van der Waals surface area contributed by atoms with Crippen molar-refractivity contribution < 1.29 is 23.0 Å². The van der Waals surface area contributed by atoms with Gasteiger partial charge in [-0.15, -0.1) is 21.2 Å². The lowest BCUT2D eigenvalue weighted by Crippen LogP contribution is -2.26. The molecule has 1 aliphatic rings. The van der Waals surface area contributed by atoms with Crippen molar-refractivity contribution in [3.63, 3.8) is 0 Å². The van der Waals surface area contributed by atoms with E-state index in [0.717, 1.165) is 0 Å². The lowest BCUT2D eigenvalue weighted by Gasteiger charge is -2.18. The summed E-state index contributed by atoms with van der Waals surface area (Å²) in [5, 5.41) is 0. The third-order valence-corrected chi connectivity index (χ3v) is 3.35. The van der Waals surface area contributed by atoms with Crippen molar-refractivity contribution in [2.45, 2.75) is 6.29 Å². The molecule has 0 saturated carbocycles. The molecule has 3 N–H and O–H groups in total. The van der Waals surface area contributed by atoms with Crippen LogP contribution in [0.2, 0.25) is 0 Å². The molecule has 9 heteroatoms. The fourth-order valence-corrected chi connectivity index (χ4v) is 2.20. The number of halogens is 3. The molecule has 24 heavy (non-hydrogen) atoms. The smallest absolute Gasteiger partial charge is 0.395 e. The molecule has 0 atom stereocenters. The molecule has 0 fully saturated rings. The van der Waals surface area contributed by atoms with Gasteiger partial charge in [-0.2, -0.15) is 0 Å². The minimum atomic E-state index is -3.69. The molecule has 0 bridgehead atoms. The predicted octanol–water partition coefficient (Wildman–Crippen LogP) is 2.99. The zero-order chi connectivity index (χ0) is 16.6. The molecular formula is C15H14ClF2N3O3. The van der Waals surface area contributed by atoms with Crippen molar-refractivity contribution in [2.75, 3.05) is 17.4 Å². The van der Waals surface area contributed by atoms with Crippen LogP contribution in [-0.2, 0) is 0 Å². The number of benzene rings is 2. The Kier molecular flexibility index (Phi) is 4.81. The second kappa shape index (κ2) is 6.50. The molecule has 3 rings (SSSR count). The third-order valence-electron chi connectivity index (χ3n) is 3.35. The molecule has 0 spiro atoms. The van der Waals surface area contributed by atoms with Gasteiger partial charge in [-0.05, 0) is 30.3 Å². The maximum absolute atomic E-state index is 13.0. The summed E-state index contributed by atoms with van der Waals surface area (Å²) in [7, 11) is 1.53. The van der Waals surface area contributed by atoms with Gasteiger partial charge < -0.3 is 19.8 Å². The van der Waals surface area contributed by atoms with Gasteiger partial charge in [0.25, 0.3) is 5.91 Å². The number of carbonyl (C=O) groups excluding carboxylic acids is 1. The maximum Gasteiger partial charge on any atom is 0.586 e. The van der Waals surface area contributed by atoms with Crippen LogP contribution in [-0.4, -0.2) is 19.2 Å². The predicted molar refractivity (Wildman–Crippen MR) is 86.9 cm³/mol. The topological polar surface area (TPSA) is 76.8 Å². The summed E-state index contributed by atoms with van der Waals surface area (Å²) in [5.41, 5.74) is 3.82. The van der Waals surface area contributed by atoms with Gasteiger partial charge in [-0.3, -0.25) is 10.6 Å². The van der Waals surface area contributed by atoms with E-state index >= 15 is 0 Å². The van der Waals surface area contributed by atoms with Gasteiger partial charge in [-0.1, -0.05) is 6.07 Å². The summed E-state index contributed by atoms with van der Waals surface area (Å²) in [5.74, 6) is 4.79. The number of amides is 1. The standard InChI is InChI=1S/C15H13F2N3O3.ClH/c1-20(14(21)9-3-2-4-10(7-9)19-18)11-5-6-12-13(8-11)23-15(16,17)22-12;/h2-8,19H,18H2,1H3;1H. The number of hydrogen-bond acceptors (Lipinski definition) is 5. The SMILES string of the molecule is CN(C(=O)c1cccc(NN)c1)c1ccc2c(c1)OC(F)(F)O2.Cl. The van der Waals surface area contributed by atoms with Crippen LogP contribution in [0.5, 0.6) is 11.5 Å². The van der Waals surface area contributed by atoms with E-state index in [0.29, 0.717) is 16.9 Å². The summed E-state index contributed by atoms with van der Waals surface area (Å²) in [6.07, 6.45) is -3.69. The molecule has 1 amide bonds. The number of alkyl halides is 2. The molecule has 1 aliphatic heterocycles. The molecule has 6 nitrogen and oxygen atoms in total. The maximum atomic E-state index is 13.0. The first kappa shape index (κ1) is 17.8. The van der Waals surface area contributed by atoms with Crippen molar-refractivity contribution in [3.8, 4) is 11.5 Å². The van der Waals surface area contributed by atoms with E-state index in [1.165, 1.54) is 30.1 Å². The number of carbonyl (C=O) groups is 1. The van der Waals surface area contributed by atoms with E-state index in [2.05, 4.69) is 14.9 Å². The van der Waals surface area contributed by atoms with Gasteiger partial charge in [-0.25, -0.2) is 0 Å². The summed E-state index contributed by atoms with van der Waals surface area (Å²) in [4.78, 5) is 13.8. The Morgan fingerprint density at radius 2 is 1.88 bits per heavy atom. The van der Waals surface area contributed by atoms with E-state index in [-0.39, 0.29) is 29.8 Å². The van der Waals surface area contributed by atoms with E-state index in [9.17, 15) is 13.6 Å². The highest BCUT2D eigenvalue weighted by molar-refractivity contribution is 6.06. The molecule has 2 aromatic carbocycles. The Morgan fingerprint density at radius 1 is 1.17 bits per heavy atom. The first-order chi connectivity index (χ1) is 10.9. The highest BCUT2D eigenvalue weighted by atomic mass is 35.5. The molecule has 0 unspecified atom stereocenters. The fourth-order valence-electron chi connectivity index (χ4n) is 2.20. The number of hydrazine groups is 1. The molecule has 128 valence electrons. The van der Waals surface area contributed by atoms with Crippen LogP contribution in [0.15, 0.2) is 42.5 Å². The molecule has 0 aromatic heterocycles. The van der Waals surface area contributed by atoms with E-state index in [4.69, 9.17) is 5.84 Å². The number of anilines is 2. The summed E-state index contributed by atoms with van der Waals surface area (Å²) >= 11 is 0. The number of nitrogens with one attached hydrogen (secondary N) is 1. The molecule has 0 saturated heterocycles. The quantitative estimate of drug-likeness (QED) is 0.652. The van der Waals surface area contributed by atoms with Crippen molar-refractivity contribution >= 4 is 29.7 Å². The molecule has 0 aliphatic carbocycles. The minimum absolute atomic E-state index is 0. The Morgan fingerprint density at radius 3 is 2.58 bits per heavy atom. The molecule has 0 radical (unpaired) electrons. The number of nitrogens with two attached hydrogens (primary N) is 1. The van der Waals surface area contributed by atoms with Crippen LogP contribution in [0, 0.1) is 0 Å². The Balaban J connectivity index is 0.00000208. The van der Waals surface area contributed by atoms with Crippen molar-refractivity contribution in [2.24, 2.45) is 5.84 Å². The van der Waals surface area contributed by atoms with Gasteiger partial charge in [0, 0.05) is 30.1 Å². The van der Waals surface area contributed by atoms with Gasteiger partial charge in [0.05, 0.1) is 0 Å². The second-order valence-electron chi connectivity index (χ2n) is 4.89. The second-order valence-corrected chi connectivity index (χ2v) is 4.89. The number of nitrogens with zero attached hydrogens (tertiary/aromatic N) is 1. The van der Waals surface area contributed by atoms with Crippen molar-refractivity contribution in [1.82, 2.24) is 0 Å². The van der Waals surface area contributed by atoms with Crippen LogP contribution in [0.25, 0.3) is 0 Å². The van der Waals surface area contributed by atoms with Gasteiger partial charge in [0.1, 0.15) is 0 Å². The lowest BCUT2D eigenvalue weighted by atomic mass is 10.1. The average Bonchev–Trinajstić information content (AvgIpc) is 2.86. The van der Waals surface area contributed by atoms with Crippen LogP contribution >= 0.6 is 12.4 Å². The largest absolute Gasteiger partial charge is 0.586 e. The minimum Gasteiger partial charge on any atom is -0.395 e. The van der Waals surface area contributed by atoms with E-state index in [1.807, 2.05) is 0 Å². The monoisotopic (exact) mass is 357 g/mol. The summed E-state index contributed by atoms with van der Waals surface area (Å²) in [6, 6.07) is 10.7. The van der Waals surface area contributed by atoms with Gasteiger partial charge in [0.2, 0.25) is 0 Å². The van der Waals surface area contributed by atoms with Crippen LogP contribution in [0.1, 0.15) is 10.4 Å². The Labute approximate surface area is 142 Å². The average molecular weight is 358 g/mol. The summed E-state index contributed by atoms with van der Waals surface area (Å²) < 4.78 is 34.8. The van der Waals surface area contributed by atoms with E-state index < -0.39 is 6.29 Å². The van der Waals surface area contributed by atoms with Crippen LogP contribution < -0.4 is 25.6 Å². The highest BCUT2D eigenvalue weighted by Crippen LogP contribution is 2.42. The lowest BCUT2D eigenvalue weighted by molar-refractivity contribution is -0.286. The number of ether oxygens (including phenoxy) is 2. The normalized spacial score (nSPS) is 13.8. The third kappa shape index (κ3) is 3.34. The number of nitrogen functional groups attached to an aromatic ring is 1. The summed E-state index contributed by atoms with van der Waals surface area (Å²) in [6.45, 7) is 0. The Hall–Kier alpha value is -2.58. The molecular weight excluding hydrogens is 344 g/mol. The number of hydrogen-bond donors (Lipinski definition) is 2.